The van der Waals surface area contributed by atoms with E-state index in [0.29, 0.717) is 12.2 Å². The van der Waals surface area contributed by atoms with Gasteiger partial charge in [-0.1, -0.05) is 12.1 Å². The summed E-state index contributed by atoms with van der Waals surface area (Å²) in [6.07, 6.45) is 2.75. The third-order valence-corrected chi connectivity index (χ3v) is 3.28. The Morgan fingerprint density at radius 1 is 1.14 bits per heavy atom. The maximum atomic E-state index is 11.6. The number of amides is 2. The highest BCUT2D eigenvalue weighted by Crippen LogP contribution is 2.12. The van der Waals surface area contributed by atoms with E-state index in [1.165, 1.54) is 0 Å². The Bertz CT molecular complexity index is 589. The molecule has 0 heterocycles. The molecular weight excluding hydrogens is 302 g/mol. The predicted octanol–water partition coefficient (Wildman–Crippen LogP) is 2.09. The molecule has 0 saturated heterocycles. The van der Waals surface area contributed by atoms with Gasteiger partial charge in [-0.2, -0.15) is 0 Å². The van der Waals surface area contributed by atoms with Gasteiger partial charge in [0, 0.05) is 17.8 Å². The average molecular weight is 327 g/mol. The second kappa shape index (κ2) is 7.49. The first-order valence-electron chi connectivity index (χ1n) is 7.18. The van der Waals surface area contributed by atoms with Crippen LogP contribution in [-0.4, -0.2) is 32.8 Å². The zero-order valence-corrected chi connectivity index (χ0v) is 14.4. The van der Waals surface area contributed by atoms with Gasteiger partial charge in [-0.25, -0.2) is 13.2 Å². The van der Waals surface area contributed by atoms with Crippen LogP contribution in [0.4, 0.5) is 10.5 Å². The molecule has 1 rings (SSSR count). The normalized spacial score (nSPS) is 11.8. The molecule has 0 bridgehead atoms. The molecule has 1 aromatic carbocycles. The van der Waals surface area contributed by atoms with Crippen molar-refractivity contribution in [3.8, 4) is 0 Å². The van der Waals surface area contributed by atoms with Crippen molar-refractivity contribution >= 4 is 21.7 Å². The number of nitrogens with one attached hydrogen (secondary N) is 3. The Labute approximate surface area is 132 Å². The van der Waals surface area contributed by atoms with Gasteiger partial charge >= 0.3 is 6.03 Å². The van der Waals surface area contributed by atoms with Gasteiger partial charge in [0.15, 0.2) is 0 Å². The fourth-order valence-corrected chi connectivity index (χ4v) is 2.40. The van der Waals surface area contributed by atoms with Crippen molar-refractivity contribution in [2.45, 2.75) is 39.2 Å². The standard InChI is InChI=1S/C15H25N3O3S/c1-15(2,3)17-14(19)16-11-5-6-12-7-9-13(10-8-12)18-22(4,20)21/h7-10,18H,5-6,11H2,1-4H3,(H2,16,17,19). The minimum absolute atomic E-state index is 0.166. The van der Waals surface area contributed by atoms with Crippen molar-refractivity contribution < 1.29 is 13.2 Å². The maximum absolute atomic E-state index is 11.6. The van der Waals surface area contributed by atoms with Crippen LogP contribution in [0.15, 0.2) is 24.3 Å². The first kappa shape index (κ1) is 18.3. The zero-order valence-electron chi connectivity index (χ0n) is 13.6. The molecule has 2 amide bonds. The fourth-order valence-electron chi connectivity index (χ4n) is 1.83. The molecule has 0 radical (unpaired) electrons. The van der Waals surface area contributed by atoms with Crippen LogP contribution in [0.3, 0.4) is 0 Å². The third-order valence-electron chi connectivity index (χ3n) is 2.67. The van der Waals surface area contributed by atoms with E-state index in [-0.39, 0.29) is 11.6 Å². The SMILES string of the molecule is CC(C)(C)NC(=O)NCCCc1ccc(NS(C)(=O)=O)cc1. The highest BCUT2D eigenvalue weighted by molar-refractivity contribution is 7.92. The summed E-state index contributed by atoms with van der Waals surface area (Å²) in [5, 5.41) is 5.64. The fraction of sp³-hybridized carbons (Fsp3) is 0.533. The molecular formula is C15H25N3O3S. The quantitative estimate of drug-likeness (QED) is 0.699. The molecule has 6 nitrogen and oxygen atoms in total. The van der Waals surface area contributed by atoms with Crippen LogP contribution in [-0.2, 0) is 16.4 Å². The van der Waals surface area contributed by atoms with Crippen molar-refractivity contribution in [3.05, 3.63) is 29.8 Å². The smallest absolute Gasteiger partial charge is 0.315 e. The third kappa shape index (κ3) is 8.51. The van der Waals surface area contributed by atoms with Crippen LogP contribution < -0.4 is 15.4 Å². The van der Waals surface area contributed by atoms with Crippen LogP contribution in [0.25, 0.3) is 0 Å². The summed E-state index contributed by atoms with van der Waals surface area (Å²) in [5.74, 6) is 0. The number of urea groups is 1. The largest absolute Gasteiger partial charge is 0.338 e. The molecule has 0 aromatic heterocycles. The van der Waals surface area contributed by atoms with Gasteiger partial charge in [-0.3, -0.25) is 4.72 Å². The highest BCUT2D eigenvalue weighted by Gasteiger charge is 2.12. The monoisotopic (exact) mass is 327 g/mol. The van der Waals surface area contributed by atoms with Gasteiger partial charge in [0.05, 0.1) is 6.26 Å². The topological polar surface area (TPSA) is 87.3 Å². The summed E-state index contributed by atoms with van der Waals surface area (Å²) in [6.45, 7) is 6.38. The molecule has 0 atom stereocenters. The Balaban J connectivity index is 2.32. The summed E-state index contributed by atoms with van der Waals surface area (Å²) < 4.78 is 24.6. The van der Waals surface area contributed by atoms with Crippen molar-refractivity contribution in [2.75, 3.05) is 17.5 Å². The van der Waals surface area contributed by atoms with Gasteiger partial charge in [0.2, 0.25) is 10.0 Å². The molecule has 124 valence electrons. The molecule has 1 aromatic rings. The van der Waals surface area contributed by atoms with Crippen molar-refractivity contribution in [1.82, 2.24) is 10.6 Å². The summed E-state index contributed by atoms with van der Waals surface area (Å²) >= 11 is 0. The van der Waals surface area contributed by atoms with E-state index in [4.69, 9.17) is 0 Å². The van der Waals surface area contributed by atoms with Gasteiger partial charge in [0.1, 0.15) is 0 Å². The Morgan fingerprint density at radius 2 is 1.73 bits per heavy atom. The van der Waals surface area contributed by atoms with E-state index in [1.54, 1.807) is 12.1 Å². The van der Waals surface area contributed by atoms with E-state index < -0.39 is 10.0 Å². The minimum atomic E-state index is -3.24. The summed E-state index contributed by atoms with van der Waals surface area (Å²) in [7, 11) is -3.24. The number of benzene rings is 1. The lowest BCUT2D eigenvalue weighted by molar-refractivity contribution is 0.232. The second-order valence-corrected chi connectivity index (χ2v) is 8.05. The summed E-state index contributed by atoms with van der Waals surface area (Å²) in [5.41, 5.74) is 1.40. The van der Waals surface area contributed by atoms with E-state index in [2.05, 4.69) is 15.4 Å². The molecule has 3 N–H and O–H groups in total. The molecule has 0 aliphatic carbocycles. The van der Waals surface area contributed by atoms with Gasteiger partial charge < -0.3 is 10.6 Å². The van der Waals surface area contributed by atoms with Crippen LogP contribution in [0.1, 0.15) is 32.8 Å². The molecule has 0 saturated carbocycles. The Morgan fingerprint density at radius 3 is 2.23 bits per heavy atom. The first-order valence-corrected chi connectivity index (χ1v) is 9.07. The van der Waals surface area contributed by atoms with Crippen molar-refractivity contribution in [2.24, 2.45) is 0 Å². The van der Waals surface area contributed by atoms with Crippen LogP contribution in [0, 0.1) is 0 Å². The van der Waals surface area contributed by atoms with Crippen molar-refractivity contribution in [3.63, 3.8) is 0 Å². The zero-order chi connectivity index (χ0) is 16.8. The number of anilines is 1. The van der Waals surface area contributed by atoms with Crippen LogP contribution >= 0.6 is 0 Å². The van der Waals surface area contributed by atoms with E-state index in [0.717, 1.165) is 24.7 Å². The van der Waals surface area contributed by atoms with Gasteiger partial charge in [0.25, 0.3) is 0 Å². The van der Waals surface area contributed by atoms with Crippen LogP contribution in [0.2, 0.25) is 0 Å². The van der Waals surface area contributed by atoms with Gasteiger partial charge in [-0.15, -0.1) is 0 Å². The minimum Gasteiger partial charge on any atom is -0.338 e. The average Bonchev–Trinajstić information content (AvgIpc) is 2.32. The second-order valence-electron chi connectivity index (χ2n) is 6.31. The maximum Gasteiger partial charge on any atom is 0.315 e. The lowest BCUT2D eigenvalue weighted by Gasteiger charge is -2.20. The summed E-state index contributed by atoms with van der Waals surface area (Å²) in [6, 6.07) is 7.05. The number of carbonyl (C=O) groups is 1. The predicted molar refractivity (Wildman–Crippen MR) is 89.5 cm³/mol. The van der Waals surface area contributed by atoms with Gasteiger partial charge in [-0.05, 0) is 51.3 Å². The van der Waals surface area contributed by atoms with E-state index in [9.17, 15) is 13.2 Å². The summed E-state index contributed by atoms with van der Waals surface area (Å²) in [4.78, 5) is 11.6. The number of rotatable bonds is 6. The number of sulfonamides is 1. The first-order chi connectivity index (χ1) is 10.1. The molecule has 22 heavy (non-hydrogen) atoms. The number of hydrogen-bond donors (Lipinski definition) is 3. The Kier molecular flexibility index (Phi) is 6.22. The van der Waals surface area contributed by atoms with E-state index in [1.807, 2.05) is 32.9 Å². The number of hydrogen-bond acceptors (Lipinski definition) is 3. The molecule has 7 heteroatoms. The number of aryl methyl sites for hydroxylation is 1. The number of carbonyl (C=O) groups excluding carboxylic acids is 1. The molecule has 0 aliphatic heterocycles. The lowest BCUT2D eigenvalue weighted by Crippen LogP contribution is -2.46. The van der Waals surface area contributed by atoms with Crippen molar-refractivity contribution in [1.29, 1.82) is 0 Å². The lowest BCUT2D eigenvalue weighted by atomic mass is 10.1. The molecule has 0 unspecified atom stereocenters. The highest BCUT2D eigenvalue weighted by atomic mass is 32.2. The Hall–Kier alpha value is -1.76. The molecule has 0 spiro atoms. The molecule has 0 fully saturated rings. The van der Waals surface area contributed by atoms with Crippen LogP contribution in [0.5, 0.6) is 0 Å². The van der Waals surface area contributed by atoms with E-state index >= 15 is 0 Å². The molecule has 0 aliphatic rings.